The number of rotatable bonds is 4. The highest BCUT2D eigenvalue weighted by Crippen LogP contribution is 2.30. The fraction of sp³-hybridized carbons (Fsp3) is 0.389. The average molecular weight is 340 g/mol. The van der Waals surface area contributed by atoms with Crippen LogP contribution >= 0.6 is 0 Å². The molecule has 130 valence electrons. The first-order valence-corrected chi connectivity index (χ1v) is 8.58. The summed E-state index contributed by atoms with van der Waals surface area (Å²) in [5.41, 5.74) is 1.51. The van der Waals surface area contributed by atoms with E-state index in [-0.39, 0.29) is 17.6 Å². The Morgan fingerprint density at radius 3 is 2.64 bits per heavy atom. The van der Waals surface area contributed by atoms with Crippen LogP contribution in [-0.4, -0.2) is 46.4 Å². The largest absolute Gasteiger partial charge is 0.350 e. The van der Waals surface area contributed by atoms with Gasteiger partial charge in [-0.05, 0) is 50.0 Å². The lowest BCUT2D eigenvalue weighted by atomic mass is 9.84. The Hall–Kier alpha value is -2.67. The standard InChI is InChI=1S/C18H20N4O3/c23-18(20-16-11-21-9-7-12(16)8-10-21)15-6-5-14(19-15)13-3-1-2-4-17(13)22(24)25/h1-6,12,16,19H,7-11H2,(H,20,23)/t16-/m0/s1. The topological polar surface area (TPSA) is 91.3 Å². The zero-order valence-electron chi connectivity index (χ0n) is 13.8. The van der Waals surface area contributed by atoms with E-state index in [1.54, 1.807) is 30.3 Å². The highest BCUT2D eigenvalue weighted by molar-refractivity contribution is 5.94. The van der Waals surface area contributed by atoms with Crippen molar-refractivity contribution in [2.45, 2.75) is 18.9 Å². The van der Waals surface area contributed by atoms with Crippen LogP contribution in [0.1, 0.15) is 23.3 Å². The van der Waals surface area contributed by atoms with E-state index in [2.05, 4.69) is 15.2 Å². The van der Waals surface area contributed by atoms with Crippen molar-refractivity contribution in [2.75, 3.05) is 19.6 Å². The third-order valence-corrected chi connectivity index (χ3v) is 5.29. The number of fused-ring (bicyclic) bond motifs is 3. The smallest absolute Gasteiger partial charge is 0.278 e. The van der Waals surface area contributed by atoms with Crippen molar-refractivity contribution in [1.82, 2.24) is 15.2 Å². The maximum atomic E-state index is 12.6. The van der Waals surface area contributed by atoms with Crippen LogP contribution in [0.15, 0.2) is 36.4 Å². The van der Waals surface area contributed by atoms with Gasteiger partial charge in [0.15, 0.2) is 0 Å². The van der Waals surface area contributed by atoms with Crippen molar-refractivity contribution in [3.8, 4) is 11.3 Å². The van der Waals surface area contributed by atoms with Crippen LogP contribution in [0.4, 0.5) is 5.69 Å². The van der Waals surface area contributed by atoms with Crippen molar-refractivity contribution >= 4 is 11.6 Å². The Morgan fingerprint density at radius 1 is 1.20 bits per heavy atom. The molecule has 3 saturated heterocycles. The zero-order chi connectivity index (χ0) is 17.4. The predicted molar refractivity (Wildman–Crippen MR) is 93.3 cm³/mol. The number of nitrogens with zero attached hydrogens (tertiary/aromatic N) is 2. The van der Waals surface area contributed by atoms with Gasteiger partial charge in [-0.1, -0.05) is 12.1 Å². The second-order valence-electron chi connectivity index (χ2n) is 6.78. The minimum absolute atomic E-state index is 0.0219. The molecular formula is C18H20N4O3. The van der Waals surface area contributed by atoms with E-state index in [9.17, 15) is 14.9 Å². The third kappa shape index (κ3) is 3.02. The van der Waals surface area contributed by atoms with Crippen LogP contribution < -0.4 is 5.32 Å². The molecule has 7 heteroatoms. The maximum absolute atomic E-state index is 12.6. The quantitative estimate of drug-likeness (QED) is 0.660. The first-order chi connectivity index (χ1) is 12.1. The summed E-state index contributed by atoms with van der Waals surface area (Å²) >= 11 is 0. The monoisotopic (exact) mass is 340 g/mol. The lowest BCUT2D eigenvalue weighted by Crippen LogP contribution is -2.57. The van der Waals surface area contributed by atoms with Crippen LogP contribution in [0.3, 0.4) is 0 Å². The number of benzene rings is 1. The van der Waals surface area contributed by atoms with E-state index < -0.39 is 4.92 Å². The molecule has 2 bridgehead atoms. The first kappa shape index (κ1) is 15.8. The molecule has 5 rings (SSSR count). The van der Waals surface area contributed by atoms with Crippen LogP contribution in [0, 0.1) is 16.0 Å². The fourth-order valence-electron chi connectivity index (χ4n) is 3.92. The second kappa shape index (κ2) is 6.33. The number of hydrogen-bond acceptors (Lipinski definition) is 4. The maximum Gasteiger partial charge on any atom is 0.278 e. The van der Waals surface area contributed by atoms with Gasteiger partial charge in [0.1, 0.15) is 5.69 Å². The summed E-state index contributed by atoms with van der Waals surface area (Å²) in [7, 11) is 0. The number of nitro groups is 1. The number of piperidine rings is 3. The molecule has 1 amide bonds. The number of carbonyl (C=O) groups excluding carboxylic acids is 1. The zero-order valence-corrected chi connectivity index (χ0v) is 13.8. The minimum Gasteiger partial charge on any atom is -0.350 e. The fourth-order valence-corrected chi connectivity index (χ4v) is 3.92. The summed E-state index contributed by atoms with van der Waals surface area (Å²) in [6.07, 6.45) is 2.27. The van der Waals surface area contributed by atoms with Crippen LogP contribution in [0.2, 0.25) is 0 Å². The number of nitro benzene ring substituents is 1. The van der Waals surface area contributed by atoms with Gasteiger partial charge in [-0.25, -0.2) is 0 Å². The molecule has 1 atom stereocenters. The van der Waals surface area contributed by atoms with Gasteiger partial charge in [-0.3, -0.25) is 14.9 Å². The molecule has 3 aliphatic heterocycles. The molecule has 2 N–H and O–H groups in total. The molecule has 0 saturated carbocycles. The van der Waals surface area contributed by atoms with E-state index in [0.29, 0.717) is 22.9 Å². The molecule has 1 aromatic heterocycles. The second-order valence-corrected chi connectivity index (χ2v) is 6.78. The van der Waals surface area contributed by atoms with Gasteiger partial charge in [-0.15, -0.1) is 0 Å². The van der Waals surface area contributed by atoms with Crippen molar-refractivity contribution in [3.63, 3.8) is 0 Å². The lowest BCUT2D eigenvalue weighted by molar-refractivity contribution is -0.384. The number of para-hydroxylation sites is 1. The Balaban J connectivity index is 1.51. The lowest BCUT2D eigenvalue weighted by Gasteiger charge is -2.44. The molecule has 2 aromatic rings. The Bertz CT molecular complexity index is 808. The van der Waals surface area contributed by atoms with E-state index in [4.69, 9.17) is 0 Å². The van der Waals surface area contributed by atoms with Crippen molar-refractivity contribution in [1.29, 1.82) is 0 Å². The number of hydrogen-bond donors (Lipinski definition) is 2. The molecule has 0 spiro atoms. The number of carbonyl (C=O) groups is 1. The summed E-state index contributed by atoms with van der Waals surface area (Å²) in [5, 5.41) is 14.3. The van der Waals surface area contributed by atoms with Gasteiger partial charge in [0.05, 0.1) is 16.2 Å². The van der Waals surface area contributed by atoms with Crippen molar-refractivity contribution in [3.05, 3.63) is 52.2 Å². The molecule has 4 heterocycles. The Labute approximate surface area is 145 Å². The Morgan fingerprint density at radius 2 is 1.96 bits per heavy atom. The SMILES string of the molecule is O=C(N[C@H]1CN2CCC1CC2)c1ccc(-c2ccccc2[N+](=O)[O-])[nH]1. The average Bonchev–Trinajstić information content (AvgIpc) is 3.13. The minimum atomic E-state index is -0.414. The van der Waals surface area contributed by atoms with Crippen molar-refractivity contribution in [2.24, 2.45) is 5.92 Å². The van der Waals surface area contributed by atoms with Crippen LogP contribution in [0.25, 0.3) is 11.3 Å². The van der Waals surface area contributed by atoms with Gasteiger partial charge in [0.2, 0.25) is 0 Å². The molecule has 3 fully saturated rings. The summed E-state index contributed by atoms with van der Waals surface area (Å²) in [5.74, 6) is 0.405. The number of amides is 1. The molecule has 0 radical (unpaired) electrons. The van der Waals surface area contributed by atoms with E-state index in [1.807, 2.05) is 0 Å². The highest BCUT2D eigenvalue weighted by Gasteiger charge is 2.35. The van der Waals surface area contributed by atoms with Gasteiger partial charge in [-0.2, -0.15) is 0 Å². The highest BCUT2D eigenvalue weighted by atomic mass is 16.6. The molecule has 25 heavy (non-hydrogen) atoms. The van der Waals surface area contributed by atoms with E-state index >= 15 is 0 Å². The normalized spacial score (nSPS) is 24.9. The van der Waals surface area contributed by atoms with E-state index in [1.165, 1.54) is 6.07 Å². The summed E-state index contributed by atoms with van der Waals surface area (Å²) in [4.78, 5) is 28.7. The molecule has 3 aliphatic rings. The van der Waals surface area contributed by atoms with Gasteiger partial charge < -0.3 is 15.2 Å². The molecule has 0 aliphatic carbocycles. The van der Waals surface area contributed by atoms with Gasteiger partial charge in [0.25, 0.3) is 11.6 Å². The summed E-state index contributed by atoms with van der Waals surface area (Å²) in [6, 6.07) is 10.1. The Kier molecular flexibility index (Phi) is 4.01. The van der Waals surface area contributed by atoms with Gasteiger partial charge >= 0.3 is 0 Å². The predicted octanol–water partition coefficient (Wildman–Crippen LogP) is 2.41. The van der Waals surface area contributed by atoms with Gasteiger partial charge in [0, 0.05) is 18.7 Å². The molecule has 1 aromatic carbocycles. The van der Waals surface area contributed by atoms with Crippen LogP contribution in [-0.2, 0) is 0 Å². The number of H-pyrrole nitrogens is 1. The molecule has 7 nitrogen and oxygen atoms in total. The molecule has 0 unspecified atom stereocenters. The summed E-state index contributed by atoms with van der Waals surface area (Å²) < 4.78 is 0. The number of aromatic amines is 1. The van der Waals surface area contributed by atoms with Crippen LogP contribution in [0.5, 0.6) is 0 Å². The van der Waals surface area contributed by atoms with E-state index in [0.717, 1.165) is 32.5 Å². The summed E-state index contributed by atoms with van der Waals surface area (Å²) in [6.45, 7) is 3.16. The van der Waals surface area contributed by atoms with Crippen molar-refractivity contribution < 1.29 is 9.72 Å². The number of aromatic nitrogens is 1. The first-order valence-electron chi connectivity index (χ1n) is 8.58. The molecular weight excluding hydrogens is 320 g/mol. The number of nitrogens with one attached hydrogen (secondary N) is 2. The third-order valence-electron chi connectivity index (χ3n) is 5.29.